The van der Waals surface area contributed by atoms with E-state index in [2.05, 4.69) is 10.2 Å². The zero-order valence-corrected chi connectivity index (χ0v) is 14.6. The van der Waals surface area contributed by atoms with Crippen LogP contribution in [0.1, 0.15) is 11.1 Å². The Morgan fingerprint density at radius 1 is 0.625 bits per heavy atom. The van der Waals surface area contributed by atoms with Crippen molar-refractivity contribution in [2.75, 3.05) is 10.2 Å². The summed E-state index contributed by atoms with van der Waals surface area (Å²) in [5.41, 5.74) is 24.1. The van der Waals surface area contributed by atoms with Crippen molar-refractivity contribution in [1.82, 2.24) is 0 Å². The predicted molar refractivity (Wildman–Crippen MR) is 101 cm³/mol. The van der Waals surface area contributed by atoms with Crippen LogP contribution in [-0.2, 0) is 9.13 Å². The summed E-state index contributed by atoms with van der Waals surface area (Å²) in [5, 5.41) is 5.09. The number of anilines is 2. The molecule has 0 fully saturated rings. The molecule has 2 aromatic carbocycles. The van der Waals surface area contributed by atoms with Crippen LogP contribution in [0.5, 0.6) is 0 Å². The molecule has 0 saturated carbocycles. The summed E-state index contributed by atoms with van der Waals surface area (Å²) in [6, 6.07) is 14.3. The smallest absolute Gasteiger partial charge is 0.298 e. The van der Waals surface area contributed by atoms with E-state index in [9.17, 15) is 9.13 Å². The van der Waals surface area contributed by atoms with E-state index in [1.165, 1.54) is 0 Å². The Morgan fingerprint density at radius 2 is 0.917 bits per heavy atom. The molecular formula is C14H20N6O2P2. The SMILES string of the molecule is NP(N)(=O)Nc1ccc(C=Cc2ccc(NP(N)(N)=O)cc2)cc1. The fourth-order valence-electron chi connectivity index (χ4n) is 1.93. The second-order valence-corrected chi connectivity index (χ2v) is 8.50. The summed E-state index contributed by atoms with van der Waals surface area (Å²) in [6.45, 7) is 0. The summed E-state index contributed by atoms with van der Waals surface area (Å²) in [5.74, 6) is 0. The maximum absolute atomic E-state index is 11.3. The molecule has 2 aromatic rings. The summed E-state index contributed by atoms with van der Waals surface area (Å²) < 4.78 is 22.6. The van der Waals surface area contributed by atoms with Gasteiger partial charge in [0.05, 0.1) is 0 Å². The van der Waals surface area contributed by atoms with Gasteiger partial charge in [0.2, 0.25) is 0 Å². The fourth-order valence-corrected chi connectivity index (χ4v) is 3.04. The van der Waals surface area contributed by atoms with Gasteiger partial charge in [0.25, 0.3) is 15.2 Å². The molecule has 10 N–H and O–H groups in total. The number of rotatable bonds is 6. The van der Waals surface area contributed by atoms with Crippen LogP contribution in [0, 0.1) is 0 Å². The average Bonchev–Trinajstić information content (AvgIpc) is 2.45. The van der Waals surface area contributed by atoms with Gasteiger partial charge < -0.3 is 10.2 Å². The van der Waals surface area contributed by atoms with Crippen molar-refractivity contribution < 1.29 is 9.13 Å². The lowest BCUT2D eigenvalue weighted by atomic mass is 10.1. The van der Waals surface area contributed by atoms with Gasteiger partial charge in [0.1, 0.15) is 0 Å². The standard InChI is InChI=1S/C14H20N6O2P2/c15-23(16,21)19-13-7-3-11(4-8-13)1-2-12-5-9-14(10-6-12)20-24(17,18)22/h1-10H,(H5,15,16,19,21)(H5,17,18,20,22). The third kappa shape index (κ3) is 6.68. The maximum Gasteiger partial charge on any atom is 0.298 e. The molecule has 0 radical (unpaired) electrons. The van der Waals surface area contributed by atoms with Crippen molar-refractivity contribution in [2.45, 2.75) is 0 Å². The van der Waals surface area contributed by atoms with Crippen LogP contribution in [-0.4, -0.2) is 0 Å². The van der Waals surface area contributed by atoms with Gasteiger partial charge in [0.15, 0.2) is 0 Å². The Hall–Kier alpha value is -1.92. The lowest BCUT2D eigenvalue weighted by Gasteiger charge is -2.10. The first-order chi connectivity index (χ1) is 11.1. The molecule has 0 aliphatic rings. The minimum Gasteiger partial charge on any atom is -0.313 e. The van der Waals surface area contributed by atoms with E-state index < -0.39 is 15.2 Å². The Labute approximate surface area is 140 Å². The first kappa shape index (κ1) is 18.4. The number of nitrogens with two attached hydrogens (primary N) is 4. The van der Waals surface area contributed by atoms with E-state index >= 15 is 0 Å². The molecule has 0 aliphatic heterocycles. The van der Waals surface area contributed by atoms with E-state index in [1.807, 2.05) is 36.4 Å². The highest BCUT2D eigenvalue weighted by atomic mass is 31.2. The van der Waals surface area contributed by atoms with Gasteiger partial charge in [-0.15, -0.1) is 0 Å². The van der Waals surface area contributed by atoms with Crippen LogP contribution in [0.2, 0.25) is 0 Å². The fraction of sp³-hybridized carbons (Fsp3) is 0. The van der Waals surface area contributed by atoms with E-state index in [4.69, 9.17) is 22.0 Å². The van der Waals surface area contributed by atoms with Crippen LogP contribution >= 0.6 is 15.2 Å². The lowest BCUT2D eigenvalue weighted by Crippen LogP contribution is -2.13. The quantitative estimate of drug-likeness (QED) is 0.336. The molecule has 0 aliphatic carbocycles. The van der Waals surface area contributed by atoms with Crippen LogP contribution in [0.4, 0.5) is 11.4 Å². The Morgan fingerprint density at radius 3 is 1.17 bits per heavy atom. The second-order valence-electron chi connectivity index (χ2n) is 5.22. The first-order valence-electron chi connectivity index (χ1n) is 6.90. The Balaban J connectivity index is 2.02. The van der Waals surface area contributed by atoms with E-state index in [-0.39, 0.29) is 0 Å². The zero-order chi connectivity index (χ0) is 17.8. The summed E-state index contributed by atoms with van der Waals surface area (Å²) in [7, 11) is -6.60. The number of hydrogen-bond acceptors (Lipinski definition) is 2. The molecule has 128 valence electrons. The van der Waals surface area contributed by atoms with Crippen LogP contribution in [0.15, 0.2) is 48.5 Å². The van der Waals surface area contributed by atoms with E-state index in [1.54, 1.807) is 24.3 Å². The van der Waals surface area contributed by atoms with Gasteiger partial charge >= 0.3 is 0 Å². The summed E-state index contributed by atoms with van der Waals surface area (Å²) in [4.78, 5) is 0. The Bertz CT molecular complexity index is 739. The topological polar surface area (TPSA) is 162 Å². The summed E-state index contributed by atoms with van der Waals surface area (Å²) >= 11 is 0. The molecule has 0 unspecified atom stereocenters. The molecular weight excluding hydrogens is 346 g/mol. The van der Waals surface area contributed by atoms with E-state index in [0.717, 1.165) is 11.1 Å². The van der Waals surface area contributed by atoms with E-state index in [0.29, 0.717) is 11.4 Å². The molecule has 0 bridgehead atoms. The van der Waals surface area contributed by atoms with Crippen molar-refractivity contribution in [2.24, 2.45) is 22.0 Å². The third-order valence-electron chi connectivity index (χ3n) is 2.90. The van der Waals surface area contributed by atoms with Gasteiger partial charge in [-0.05, 0) is 35.4 Å². The molecule has 0 atom stereocenters. The van der Waals surface area contributed by atoms with Crippen LogP contribution in [0.25, 0.3) is 12.2 Å². The van der Waals surface area contributed by atoms with Crippen LogP contribution < -0.4 is 32.2 Å². The molecule has 0 amide bonds. The highest BCUT2D eigenvalue weighted by Crippen LogP contribution is 2.28. The van der Waals surface area contributed by atoms with Gasteiger partial charge in [-0.1, -0.05) is 36.4 Å². The molecule has 0 heterocycles. The molecule has 0 aromatic heterocycles. The summed E-state index contributed by atoms with van der Waals surface area (Å²) in [6.07, 6.45) is 3.82. The second kappa shape index (κ2) is 7.32. The highest BCUT2D eigenvalue weighted by molar-refractivity contribution is 7.60. The van der Waals surface area contributed by atoms with Crippen molar-refractivity contribution in [3.8, 4) is 0 Å². The highest BCUT2D eigenvalue weighted by Gasteiger charge is 2.07. The van der Waals surface area contributed by atoms with Gasteiger partial charge in [0, 0.05) is 11.4 Å². The maximum atomic E-state index is 11.3. The predicted octanol–water partition coefficient (Wildman–Crippen LogP) is 2.73. The van der Waals surface area contributed by atoms with Crippen molar-refractivity contribution >= 4 is 38.7 Å². The molecule has 2 rings (SSSR count). The number of nitrogens with one attached hydrogen (secondary N) is 2. The normalized spacial score (nSPS) is 12.3. The largest absolute Gasteiger partial charge is 0.313 e. The van der Waals surface area contributed by atoms with Crippen molar-refractivity contribution in [1.29, 1.82) is 0 Å². The van der Waals surface area contributed by atoms with Crippen molar-refractivity contribution in [3.63, 3.8) is 0 Å². The zero-order valence-electron chi connectivity index (χ0n) is 12.8. The van der Waals surface area contributed by atoms with Crippen molar-refractivity contribution in [3.05, 3.63) is 59.7 Å². The number of hydrogen-bond donors (Lipinski definition) is 6. The monoisotopic (exact) mass is 366 g/mol. The number of benzene rings is 2. The lowest BCUT2D eigenvalue weighted by molar-refractivity contribution is 0.579. The third-order valence-corrected chi connectivity index (χ3v) is 4.11. The van der Waals surface area contributed by atoms with Gasteiger partial charge in [-0.2, -0.15) is 0 Å². The Kier molecular flexibility index (Phi) is 5.62. The molecule has 0 saturated heterocycles. The molecule has 24 heavy (non-hydrogen) atoms. The minimum atomic E-state index is -3.30. The first-order valence-corrected chi connectivity index (χ1v) is 10.6. The molecule has 8 nitrogen and oxygen atoms in total. The molecule has 0 spiro atoms. The molecule has 10 heteroatoms. The van der Waals surface area contributed by atoms with Gasteiger partial charge in [-0.25, -0.2) is 0 Å². The van der Waals surface area contributed by atoms with Crippen LogP contribution in [0.3, 0.4) is 0 Å². The average molecular weight is 366 g/mol. The minimum absolute atomic E-state index is 0.587. The van der Waals surface area contributed by atoms with Gasteiger partial charge in [-0.3, -0.25) is 31.1 Å².